The maximum absolute atomic E-state index is 12.7. The summed E-state index contributed by atoms with van der Waals surface area (Å²) in [6, 6.07) is 6.22. The summed E-state index contributed by atoms with van der Waals surface area (Å²) in [5.74, 6) is 0.457. The fourth-order valence-corrected chi connectivity index (χ4v) is 3.03. The lowest BCUT2D eigenvalue weighted by Gasteiger charge is -2.38. The van der Waals surface area contributed by atoms with E-state index in [1.54, 1.807) is 12.1 Å². The van der Waals surface area contributed by atoms with Crippen molar-refractivity contribution in [3.63, 3.8) is 0 Å². The second-order valence-electron chi connectivity index (χ2n) is 6.21. The topological polar surface area (TPSA) is 89.4 Å². The van der Waals surface area contributed by atoms with Crippen molar-refractivity contribution >= 4 is 23.3 Å². The number of hydrogen-bond donors (Lipinski definition) is 1. The Hall–Kier alpha value is -2.45. The molecule has 9 heteroatoms. The third-order valence-electron chi connectivity index (χ3n) is 4.16. The first-order valence-electron chi connectivity index (χ1n) is 8.29. The van der Waals surface area contributed by atoms with E-state index in [1.165, 1.54) is 23.0 Å². The van der Waals surface area contributed by atoms with E-state index in [1.807, 2.05) is 18.7 Å². The third-order valence-corrected chi connectivity index (χ3v) is 4.36. The predicted molar refractivity (Wildman–Crippen MR) is 97.3 cm³/mol. The number of aromatic nitrogens is 3. The van der Waals surface area contributed by atoms with Crippen LogP contribution in [0.1, 0.15) is 24.2 Å². The van der Waals surface area contributed by atoms with Crippen LogP contribution in [-0.4, -0.2) is 50.9 Å². The van der Waals surface area contributed by atoms with Crippen LogP contribution in [0, 0.1) is 0 Å². The van der Waals surface area contributed by atoms with Crippen LogP contribution in [0.15, 0.2) is 35.3 Å². The predicted octanol–water partition coefficient (Wildman–Crippen LogP) is 1.61. The van der Waals surface area contributed by atoms with Gasteiger partial charge in [-0.15, -0.1) is 0 Å². The van der Waals surface area contributed by atoms with Crippen LogP contribution in [0.25, 0.3) is 0 Å². The minimum Gasteiger partial charge on any atom is -0.377 e. The molecule has 2 aromatic heterocycles. The molecule has 1 saturated heterocycles. The van der Waals surface area contributed by atoms with Crippen molar-refractivity contribution in [3.05, 3.63) is 51.5 Å². The maximum atomic E-state index is 12.7. The van der Waals surface area contributed by atoms with Gasteiger partial charge in [0.1, 0.15) is 17.6 Å². The standard InChI is InChI=1S/C17H20ClN5O3/c1-11-8-26-9-12(2)23(11)17(25)13-3-5-15(19-7-13)20-10-22-16(24)6-4-14(18)21-22/h3-7,11-12H,8-10H2,1-2H3,(H,19,20)/t11-,12-/m0/s1. The van der Waals surface area contributed by atoms with Crippen LogP contribution in [0.5, 0.6) is 0 Å². The molecule has 3 rings (SSSR count). The van der Waals surface area contributed by atoms with Crippen LogP contribution in [0.2, 0.25) is 5.15 Å². The summed E-state index contributed by atoms with van der Waals surface area (Å²) in [6.45, 7) is 5.12. The summed E-state index contributed by atoms with van der Waals surface area (Å²) >= 11 is 5.79. The number of ether oxygens (including phenoxy) is 1. The van der Waals surface area contributed by atoms with Gasteiger partial charge in [-0.05, 0) is 32.0 Å². The van der Waals surface area contributed by atoms with E-state index in [-0.39, 0.29) is 35.4 Å². The van der Waals surface area contributed by atoms with E-state index in [4.69, 9.17) is 16.3 Å². The molecule has 0 saturated carbocycles. The number of nitrogens with zero attached hydrogens (tertiary/aromatic N) is 4. The Kier molecular flexibility index (Phi) is 5.53. The molecular formula is C17H20ClN5O3. The Balaban J connectivity index is 1.67. The monoisotopic (exact) mass is 377 g/mol. The lowest BCUT2D eigenvalue weighted by Crippen LogP contribution is -2.52. The van der Waals surface area contributed by atoms with Gasteiger partial charge >= 0.3 is 0 Å². The van der Waals surface area contributed by atoms with Gasteiger partial charge in [0, 0.05) is 12.3 Å². The first kappa shape index (κ1) is 18.3. The highest BCUT2D eigenvalue weighted by Gasteiger charge is 2.30. The number of carbonyl (C=O) groups is 1. The van der Waals surface area contributed by atoms with Gasteiger partial charge in [0.25, 0.3) is 11.5 Å². The first-order chi connectivity index (χ1) is 12.5. The van der Waals surface area contributed by atoms with Gasteiger partial charge in [0.05, 0.1) is 30.9 Å². The number of carbonyl (C=O) groups excluding carboxylic acids is 1. The fraction of sp³-hybridized carbons (Fsp3) is 0.412. The van der Waals surface area contributed by atoms with Gasteiger partial charge in [0.15, 0.2) is 0 Å². The van der Waals surface area contributed by atoms with Crippen LogP contribution in [-0.2, 0) is 11.4 Å². The molecule has 8 nitrogen and oxygen atoms in total. The Morgan fingerprint density at radius 1 is 1.27 bits per heavy atom. The van der Waals surface area contributed by atoms with Gasteiger partial charge in [-0.25, -0.2) is 9.67 Å². The molecule has 138 valence electrons. The second-order valence-corrected chi connectivity index (χ2v) is 6.60. The Bertz CT molecular complexity index is 829. The first-order valence-corrected chi connectivity index (χ1v) is 8.67. The van der Waals surface area contributed by atoms with E-state index in [2.05, 4.69) is 15.4 Å². The van der Waals surface area contributed by atoms with Crippen molar-refractivity contribution in [3.8, 4) is 0 Å². The van der Waals surface area contributed by atoms with Crippen LogP contribution in [0.3, 0.4) is 0 Å². The Morgan fingerprint density at radius 3 is 2.65 bits per heavy atom. The summed E-state index contributed by atoms with van der Waals surface area (Å²) in [7, 11) is 0. The van der Waals surface area contributed by atoms with Crippen molar-refractivity contribution in [1.82, 2.24) is 19.7 Å². The van der Waals surface area contributed by atoms with E-state index in [0.29, 0.717) is 24.6 Å². The highest BCUT2D eigenvalue weighted by Crippen LogP contribution is 2.17. The lowest BCUT2D eigenvalue weighted by molar-refractivity contribution is -0.0249. The van der Waals surface area contributed by atoms with Gasteiger partial charge in [-0.1, -0.05) is 11.6 Å². The van der Waals surface area contributed by atoms with E-state index < -0.39 is 0 Å². The number of morpholine rings is 1. The van der Waals surface area contributed by atoms with E-state index >= 15 is 0 Å². The average molecular weight is 378 g/mol. The maximum Gasteiger partial charge on any atom is 0.268 e. The van der Waals surface area contributed by atoms with Crippen LogP contribution in [0.4, 0.5) is 5.82 Å². The van der Waals surface area contributed by atoms with Crippen molar-refractivity contribution in [2.24, 2.45) is 0 Å². The van der Waals surface area contributed by atoms with Gasteiger partial charge in [-0.2, -0.15) is 5.10 Å². The number of hydrogen-bond acceptors (Lipinski definition) is 6. The summed E-state index contributed by atoms with van der Waals surface area (Å²) in [5, 5.41) is 7.13. The Morgan fingerprint density at radius 2 is 2.00 bits per heavy atom. The molecular weight excluding hydrogens is 358 g/mol. The average Bonchev–Trinajstić information content (AvgIpc) is 2.62. The molecule has 1 aliphatic rings. The summed E-state index contributed by atoms with van der Waals surface area (Å²) in [6.07, 6.45) is 1.52. The summed E-state index contributed by atoms with van der Waals surface area (Å²) in [5.41, 5.74) is 0.234. The minimum absolute atomic E-state index is 0.0184. The molecule has 0 aromatic carbocycles. The fourth-order valence-electron chi connectivity index (χ4n) is 2.87. The number of pyridine rings is 1. The normalized spacial score (nSPS) is 20.0. The third kappa shape index (κ3) is 4.03. The van der Waals surface area contributed by atoms with Crippen molar-refractivity contribution in [2.75, 3.05) is 18.5 Å². The molecule has 0 bridgehead atoms. The van der Waals surface area contributed by atoms with Gasteiger partial charge in [-0.3, -0.25) is 9.59 Å². The highest BCUT2D eigenvalue weighted by molar-refractivity contribution is 6.29. The highest BCUT2D eigenvalue weighted by atomic mass is 35.5. The van der Waals surface area contributed by atoms with Crippen LogP contribution < -0.4 is 10.9 Å². The number of rotatable bonds is 4. The molecule has 1 amide bonds. The minimum atomic E-state index is -0.274. The molecule has 1 aliphatic heterocycles. The molecule has 0 unspecified atom stereocenters. The Labute approximate surface area is 155 Å². The van der Waals surface area contributed by atoms with E-state index in [0.717, 1.165) is 0 Å². The summed E-state index contributed by atoms with van der Waals surface area (Å²) in [4.78, 5) is 30.5. The number of amides is 1. The lowest BCUT2D eigenvalue weighted by atomic mass is 10.1. The zero-order chi connectivity index (χ0) is 18.7. The molecule has 0 aliphatic carbocycles. The molecule has 2 atom stereocenters. The molecule has 2 aromatic rings. The van der Waals surface area contributed by atoms with Crippen molar-refractivity contribution < 1.29 is 9.53 Å². The van der Waals surface area contributed by atoms with Crippen molar-refractivity contribution in [1.29, 1.82) is 0 Å². The molecule has 0 radical (unpaired) electrons. The quantitative estimate of drug-likeness (QED) is 0.870. The molecule has 1 N–H and O–H groups in total. The van der Waals surface area contributed by atoms with Gasteiger partial charge in [0.2, 0.25) is 0 Å². The molecule has 0 spiro atoms. The number of nitrogens with one attached hydrogen (secondary N) is 1. The molecule has 26 heavy (non-hydrogen) atoms. The largest absolute Gasteiger partial charge is 0.377 e. The van der Waals surface area contributed by atoms with Gasteiger partial charge < -0.3 is 15.0 Å². The molecule has 3 heterocycles. The van der Waals surface area contributed by atoms with Crippen molar-refractivity contribution in [2.45, 2.75) is 32.6 Å². The molecule has 1 fully saturated rings. The zero-order valence-corrected chi connectivity index (χ0v) is 15.3. The number of halogens is 1. The van der Waals surface area contributed by atoms with Crippen LogP contribution >= 0.6 is 11.6 Å². The SMILES string of the molecule is C[C@H]1COC[C@H](C)N1C(=O)c1ccc(NCn2nc(Cl)ccc2=O)nc1. The number of anilines is 1. The second kappa shape index (κ2) is 7.84. The zero-order valence-electron chi connectivity index (χ0n) is 14.6. The smallest absolute Gasteiger partial charge is 0.268 e. The van der Waals surface area contributed by atoms with E-state index in [9.17, 15) is 9.59 Å². The summed E-state index contributed by atoms with van der Waals surface area (Å²) < 4.78 is 6.65.